The number of nitrogens with zero attached hydrogens (tertiary/aromatic N) is 2. The Morgan fingerprint density at radius 3 is 2.61 bits per heavy atom. The zero-order valence-electron chi connectivity index (χ0n) is 15.5. The van der Waals surface area contributed by atoms with Crippen molar-refractivity contribution in [3.8, 4) is 17.0 Å². The highest BCUT2D eigenvalue weighted by Gasteiger charge is 2.17. The molecule has 13 heteroatoms. The molecule has 0 aliphatic rings. The minimum atomic E-state index is -1.04. The van der Waals surface area contributed by atoms with Gasteiger partial charge in [-0.1, -0.05) is 23.2 Å². The molecule has 0 aliphatic carbocycles. The molecule has 3 aromatic rings. The minimum absolute atomic E-state index is 0.0446. The molecule has 0 atom stereocenters. The average molecular weight is 473 g/mol. The maximum Gasteiger partial charge on any atom is 0.401 e. The molecule has 0 unspecified atom stereocenters. The summed E-state index contributed by atoms with van der Waals surface area (Å²) in [5.74, 6) is -2.85. The number of carbonyl (C=O) groups is 2. The van der Waals surface area contributed by atoms with Crippen LogP contribution in [0.15, 0.2) is 35.0 Å². The number of carbonyl (C=O) groups excluding carboxylic acids is 2. The Labute approximate surface area is 183 Å². The Morgan fingerprint density at radius 1 is 1.16 bits per heavy atom. The fourth-order valence-corrected chi connectivity index (χ4v) is 2.73. The number of rotatable bonds is 5. The molecule has 2 N–H and O–H groups in total. The first kappa shape index (κ1) is 22.2. The Bertz CT molecular complexity index is 1140. The van der Waals surface area contributed by atoms with E-state index in [-0.39, 0.29) is 45.1 Å². The van der Waals surface area contributed by atoms with Gasteiger partial charge in [-0.05, 0) is 23.4 Å². The van der Waals surface area contributed by atoms with Gasteiger partial charge in [0.1, 0.15) is 11.6 Å². The van der Waals surface area contributed by atoms with Crippen molar-refractivity contribution in [1.29, 1.82) is 0 Å². The number of pyridine rings is 1. The van der Waals surface area contributed by atoms with Crippen molar-refractivity contribution < 1.29 is 32.5 Å². The van der Waals surface area contributed by atoms with Crippen molar-refractivity contribution in [3.63, 3.8) is 0 Å². The molecule has 0 radical (unpaired) electrons. The molecule has 1 aromatic carbocycles. The van der Waals surface area contributed by atoms with Gasteiger partial charge in [-0.15, -0.1) is 0 Å². The zero-order valence-corrected chi connectivity index (χ0v) is 17.1. The van der Waals surface area contributed by atoms with E-state index in [2.05, 4.69) is 24.8 Å². The smallest absolute Gasteiger partial charge is 0.401 e. The number of urea groups is 1. The lowest BCUT2D eigenvalue weighted by molar-refractivity contribution is 0.0280. The van der Waals surface area contributed by atoms with Gasteiger partial charge in [0, 0.05) is 22.3 Å². The first-order valence-corrected chi connectivity index (χ1v) is 9.09. The van der Waals surface area contributed by atoms with Crippen molar-refractivity contribution in [3.05, 3.63) is 63.6 Å². The molecular formula is C18H12Cl2F2N4O5. The molecule has 9 nitrogen and oxygen atoms in total. The molecule has 31 heavy (non-hydrogen) atoms. The molecule has 2 heterocycles. The van der Waals surface area contributed by atoms with Crippen LogP contribution in [0.3, 0.4) is 0 Å². The van der Waals surface area contributed by atoms with E-state index in [0.717, 1.165) is 18.2 Å². The predicted octanol–water partition coefficient (Wildman–Crippen LogP) is 3.90. The molecular weight excluding hydrogens is 461 g/mol. The first-order chi connectivity index (χ1) is 14.8. The van der Waals surface area contributed by atoms with E-state index in [9.17, 15) is 18.4 Å². The first-order valence-electron chi connectivity index (χ1n) is 8.33. The molecule has 0 saturated carbocycles. The molecule has 0 fully saturated rings. The van der Waals surface area contributed by atoms with Crippen LogP contribution < -0.4 is 15.5 Å². The van der Waals surface area contributed by atoms with Crippen LogP contribution in [0.25, 0.3) is 11.1 Å². The summed E-state index contributed by atoms with van der Waals surface area (Å²) in [7, 11) is 1.32. The maximum absolute atomic E-state index is 14.4. The Morgan fingerprint density at radius 2 is 1.94 bits per heavy atom. The summed E-state index contributed by atoms with van der Waals surface area (Å²) < 4.78 is 37.5. The summed E-state index contributed by atoms with van der Waals surface area (Å²) in [6.07, 6.45) is 1.24. The highest BCUT2D eigenvalue weighted by atomic mass is 35.5. The largest absolute Gasteiger partial charge is 0.479 e. The van der Waals surface area contributed by atoms with Crippen molar-refractivity contribution in [2.75, 3.05) is 7.11 Å². The number of amides is 2. The third-order valence-electron chi connectivity index (χ3n) is 3.77. The lowest BCUT2D eigenvalue weighted by Gasteiger charge is -2.10. The molecule has 3 rings (SSSR count). The van der Waals surface area contributed by atoms with Crippen LogP contribution in [-0.2, 0) is 11.4 Å². The topological polar surface area (TPSA) is 116 Å². The third-order valence-corrected chi connectivity index (χ3v) is 4.38. The van der Waals surface area contributed by atoms with Crippen molar-refractivity contribution in [2.24, 2.45) is 0 Å². The van der Waals surface area contributed by atoms with Gasteiger partial charge in [0.2, 0.25) is 0 Å². The van der Waals surface area contributed by atoms with Gasteiger partial charge >= 0.3 is 12.0 Å². The van der Waals surface area contributed by atoms with E-state index >= 15 is 0 Å². The third kappa shape index (κ3) is 5.38. The zero-order chi connectivity index (χ0) is 22.5. The molecule has 0 spiro atoms. The van der Waals surface area contributed by atoms with Crippen LogP contribution >= 0.6 is 23.2 Å². The van der Waals surface area contributed by atoms with E-state index in [0.29, 0.717) is 0 Å². The number of nitrogens with one attached hydrogen (secondary N) is 2. The number of ether oxygens (including phenoxy) is 1. The van der Waals surface area contributed by atoms with Crippen molar-refractivity contribution >= 4 is 35.2 Å². The molecule has 2 aromatic heterocycles. The number of benzene rings is 1. The van der Waals surface area contributed by atoms with Gasteiger partial charge in [-0.2, -0.15) is 5.48 Å². The van der Waals surface area contributed by atoms with Crippen molar-refractivity contribution in [1.82, 2.24) is 20.9 Å². The van der Waals surface area contributed by atoms with Gasteiger partial charge < -0.3 is 19.4 Å². The summed E-state index contributed by atoms with van der Waals surface area (Å²) >= 11 is 11.7. The molecule has 0 saturated heterocycles. The SMILES string of the molecule is COc1cc(C(=O)ONC(=O)NCc2ncc(-c3cc(Cl)cc(F)c3Cl)cc2F)on1. The number of halogens is 4. The fraction of sp³-hybridized carbons (Fsp3) is 0.111. The van der Waals surface area contributed by atoms with Crippen LogP contribution in [0, 0.1) is 11.6 Å². The van der Waals surface area contributed by atoms with E-state index in [1.165, 1.54) is 19.4 Å². The predicted molar refractivity (Wildman–Crippen MR) is 103 cm³/mol. The molecule has 2 amide bonds. The van der Waals surface area contributed by atoms with E-state index < -0.39 is 23.6 Å². The number of methoxy groups -OCH3 is 1. The lowest BCUT2D eigenvalue weighted by Crippen LogP contribution is -2.36. The summed E-state index contributed by atoms with van der Waals surface area (Å²) in [5, 5.41) is 5.49. The Hall–Kier alpha value is -3.44. The van der Waals surface area contributed by atoms with Crippen LogP contribution in [0.4, 0.5) is 13.6 Å². The number of hydrogen-bond donors (Lipinski definition) is 2. The monoisotopic (exact) mass is 472 g/mol. The Kier molecular flexibility index (Phi) is 6.88. The van der Waals surface area contributed by atoms with Crippen LogP contribution in [0.5, 0.6) is 5.88 Å². The summed E-state index contributed by atoms with van der Waals surface area (Å²) in [5.41, 5.74) is 2.01. The highest BCUT2D eigenvalue weighted by molar-refractivity contribution is 6.35. The average Bonchev–Trinajstić information content (AvgIpc) is 3.23. The Balaban J connectivity index is 1.58. The van der Waals surface area contributed by atoms with E-state index in [4.69, 9.17) is 27.9 Å². The van der Waals surface area contributed by atoms with Gasteiger partial charge in [-0.25, -0.2) is 18.4 Å². The summed E-state index contributed by atoms with van der Waals surface area (Å²) in [6.45, 7) is -0.344. The standard InChI is InChI=1S/C18H12Cl2F2N4O5/c1-29-15-5-14(30-25-15)17(27)31-26-18(28)24-7-13-11(21)2-8(6-23-13)10-3-9(19)4-12(22)16(10)20/h2-6H,7H2,1H3,(H2,24,26,28). The highest BCUT2D eigenvalue weighted by Crippen LogP contribution is 2.33. The van der Waals surface area contributed by atoms with Gasteiger partial charge in [-0.3, -0.25) is 4.98 Å². The van der Waals surface area contributed by atoms with Crippen LogP contribution in [0.1, 0.15) is 16.2 Å². The second-order valence-electron chi connectivity index (χ2n) is 5.81. The van der Waals surface area contributed by atoms with E-state index in [1.807, 2.05) is 0 Å². The fourth-order valence-electron chi connectivity index (χ4n) is 2.30. The van der Waals surface area contributed by atoms with Crippen molar-refractivity contribution in [2.45, 2.75) is 6.54 Å². The second kappa shape index (κ2) is 9.58. The molecule has 162 valence electrons. The number of hydrogen-bond acceptors (Lipinski definition) is 7. The molecule has 0 aliphatic heterocycles. The normalized spacial score (nSPS) is 10.5. The van der Waals surface area contributed by atoms with E-state index in [1.54, 1.807) is 5.48 Å². The number of aromatic nitrogens is 2. The summed E-state index contributed by atoms with van der Waals surface area (Å²) in [4.78, 5) is 31.8. The van der Waals surface area contributed by atoms with Gasteiger partial charge in [0.15, 0.2) is 0 Å². The quantitative estimate of drug-likeness (QED) is 0.427. The number of hydroxylamine groups is 1. The molecule has 0 bridgehead atoms. The van der Waals surface area contributed by atoms with Crippen LogP contribution in [0.2, 0.25) is 10.0 Å². The maximum atomic E-state index is 14.4. The van der Waals surface area contributed by atoms with Gasteiger partial charge in [0.05, 0.1) is 30.4 Å². The minimum Gasteiger partial charge on any atom is -0.479 e. The van der Waals surface area contributed by atoms with Crippen LogP contribution in [-0.4, -0.2) is 29.3 Å². The van der Waals surface area contributed by atoms with Gasteiger partial charge in [0.25, 0.3) is 11.6 Å². The second-order valence-corrected chi connectivity index (χ2v) is 6.62. The summed E-state index contributed by atoms with van der Waals surface area (Å²) in [6, 6.07) is 3.66. The lowest BCUT2D eigenvalue weighted by atomic mass is 10.1.